The minimum Gasteiger partial charge on any atom is -0.493 e. The molecule has 0 unspecified atom stereocenters. The van der Waals surface area contributed by atoms with E-state index in [1.165, 1.54) is 0 Å². The Labute approximate surface area is 130 Å². The van der Waals surface area contributed by atoms with Crippen LogP contribution in [0.3, 0.4) is 0 Å². The molecule has 22 heavy (non-hydrogen) atoms. The van der Waals surface area contributed by atoms with Crippen molar-refractivity contribution in [1.29, 1.82) is 0 Å². The van der Waals surface area contributed by atoms with Crippen molar-refractivity contribution >= 4 is 6.08 Å². The second kappa shape index (κ2) is 7.41. The molecule has 2 rings (SSSR count). The second-order valence-electron chi connectivity index (χ2n) is 4.68. The maximum absolute atomic E-state index is 11.6. The van der Waals surface area contributed by atoms with Gasteiger partial charge >= 0.3 is 0 Å². The maximum Gasteiger partial charge on any atom is 0.203 e. The highest BCUT2D eigenvalue weighted by Gasteiger charge is 2.12. The highest BCUT2D eigenvalue weighted by molar-refractivity contribution is 5.58. The van der Waals surface area contributed by atoms with E-state index in [0.717, 1.165) is 5.56 Å². The Morgan fingerprint density at radius 1 is 0.955 bits per heavy atom. The summed E-state index contributed by atoms with van der Waals surface area (Å²) in [4.78, 5) is 0. The largest absolute Gasteiger partial charge is 0.493 e. The summed E-state index contributed by atoms with van der Waals surface area (Å²) in [5.41, 5.74) is 1.68. The average Bonchev–Trinajstić information content (AvgIpc) is 2.55. The van der Waals surface area contributed by atoms with Crippen molar-refractivity contribution in [2.24, 2.45) is 0 Å². The fourth-order valence-electron chi connectivity index (χ4n) is 2.19. The molecule has 0 fully saturated rings. The summed E-state index contributed by atoms with van der Waals surface area (Å²) >= 11 is 0. The van der Waals surface area contributed by atoms with Crippen LogP contribution < -0.4 is 14.2 Å². The van der Waals surface area contributed by atoms with Crippen LogP contribution >= 0.6 is 0 Å². The van der Waals surface area contributed by atoms with Crippen LogP contribution in [0, 0.1) is 0 Å². The molecule has 0 amide bonds. The number of para-hydroxylation sites is 1. The summed E-state index contributed by atoms with van der Waals surface area (Å²) in [6, 6.07) is 10.7. The molecule has 0 aliphatic carbocycles. The van der Waals surface area contributed by atoms with Crippen molar-refractivity contribution in [1.82, 2.24) is 0 Å². The van der Waals surface area contributed by atoms with E-state index in [4.69, 9.17) is 14.2 Å². The molecular formula is C18H19O4. The molecule has 2 aromatic rings. The molecule has 1 radical (unpaired) electrons. The van der Waals surface area contributed by atoms with Crippen molar-refractivity contribution < 1.29 is 19.3 Å². The van der Waals surface area contributed by atoms with Gasteiger partial charge in [-0.15, -0.1) is 0 Å². The van der Waals surface area contributed by atoms with Gasteiger partial charge in [0.1, 0.15) is 0 Å². The quantitative estimate of drug-likeness (QED) is 0.806. The molecular weight excluding hydrogens is 280 g/mol. The van der Waals surface area contributed by atoms with Crippen molar-refractivity contribution in [2.45, 2.75) is 6.42 Å². The molecule has 0 N–H and O–H groups in total. The van der Waals surface area contributed by atoms with E-state index in [0.29, 0.717) is 29.2 Å². The number of benzene rings is 2. The van der Waals surface area contributed by atoms with Crippen molar-refractivity contribution in [3.05, 3.63) is 53.6 Å². The van der Waals surface area contributed by atoms with Gasteiger partial charge in [0.15, 0.2) is 17.2 Å². The van der Waals surface area contributed by atoms with Crippen molar-refractivity contribution in [3.8, 4) is 23.0 Å². The van der Waals surface area contributed by atoms with Gasteiger partial charge in [-0.05, 0) is 30.2 Å². The van der Waals surface area contributed by atoms with Gasteiger partial charge in [-0.1, -0.05) is 30.4 Å². The van der Waals surface area contributed by atoms with Gasteiger partial charge in [-0.2, -0.15) is 0 Å². The molecule has 0 saturated heterocycles. The summed E-state index contributed by atoms with van der Waals surface area (Å²) in [7, 11) is 4.75. The Balaban J connectivity index is 2.21. The standard InChI is InChI=1S/C18H19O4/c1-20-16-11-13(12-17(21-2)18(16)22-3)7-6-9-14-8-4-5-10-15(14)19/h4-6,8-12H,7H2,1-3H3/b9-6+. The molecule has 0 spiro atoms. The number of rotatable bonds is 6. The van der Waals surface area contributed by atoms with Crippen LogP contribution in [0.4, 0.5) is 0 Å². The predicted octanol–water partition coefficient (Wildman–Crippen LogP) is 4.11. The lowest BCUT2D eigenvalue weighted by Crippen LogP contribution is -1.96. The number of hydrogen-bond donors (Lipinski definition) is 0. The first-order chi connectivity index (χ1) is 10.7. The van der Waals surface area contributed by atoms with Crippen LogP contribution in [-0.2, 0) is 11.5 Å². The minimum atomic E-state index is 0.0173. The van der Waals surface area contributed by atoms with E-state index >= 15 is 0 Å². The summed E-state index contributed by atoms with van der Waals surface area (Å²) in [5.74, 6) is 1.83. The van der Waals surface area contributed by atoms with E-state index < -0.39 is 0 Å². The van der Waals surface area contributed by atoms with Crippen LogP contribution in [0.1, 0.15) is 11.1 Å². The first-order valence-electron chi connectivity index (χ1n) is 6.91. The third-order valence-corrected chi connectivity index (χ3v) is 3.29. The van der Waals surface area contributed by atoms with Gasteiger partial charge in [0.05, 0.1) is 21.3 Å². The molecule has 4 heteroatoms. The maximum atomic E-state index is 11.6. The number of methoxy groups -OCH3 is 3. The van der Waals surface area contributed by atoms with Crippen molar-refractivity contribution in [3.63, 3.8) is 0 Å². The Morgan fingerprint density at radius 2 is 1.59 bits per heavy atom. The fourth-order valence-corrected chi connectivity index (χ4v) is 2.19. The topological polar surface area (TPSA) is 47.6 Å². The summed E-state index contributed by atoms with van der Waals surface area (Å²) in [6.07, 6.45) is 4.42. The first kappa shape index (κ1) is 15.8. The lowest BCUT2D eigenvalue weighted by atomic mass is 10.1. The highest BCUT2D eigenvalue weighted by Crippen LogP contribution is 2.38. The molecule has 0 atom stereocenters. The van der Waals surface area contributed by atoms with Gasteiger partial charge in [-0.3, -0.25) is 5.11 Å². The van der Waals surface area contributed by atoms with Crippen LogP contribution in [0.2, 0.25) is 0 Å². The molecule has 0 aliphatic rings. The molecule has 0 heterocycles. The summed E-state index contributed by atoms with van der Waals surface area (Å²) < 4.78 is 15.9. The zero-order chi connectivity index (χ0) is 15.9. The monoisotopic (exact) mass is 299 g/mol. The molecule has 2 aromatic carbocycles. The molecule has 0 bridgehead atoms. The predicted molar refractivity (Wildman–Crippen MR) is 85.4 cm³/mol. The molecule has 0 saturated carbocycles. The fraction of sp³-hybridized carbons (Fsp3) is 0.222. The highest BCUT2D eigenvalue weighted by atomic mass is 16.5. The van der Waals surface area contributed by atoms with Gasteiger partial charge in [0.25, 0.3) is 0 Å². The van der Waals surface area contributed by atoms with Gasteiger partial charge in [0, 0.05) is 5.56 Å². The van der Waals surface area contributed by atoms with E-state index in [1.807, 2.05) is 30.4 Å². The van der Waals surface area contributed by atoms with Gasteiger partial charge in [0.2, 0.25) is 5.75 Å². The molecule has 115 valence electrons. The Bertz CT molecular complexity index is 637. The van der Waals surface area contributed by atoms with E-state index in [1.54, 1.807) is 39.5 Å². The number of hydrogen-bond acceptors (Lipinski definition) is 3. The van der Waals surface area contributed by atoms with Crippen molar-refractivity contribution in [2.75, 3.05) is 21.3 Å². The van der Waals surface area contributed by atoms with E-state index in [-0.39, 0.29) is 5.75 Å². The third kappa shape index (κ3) is 3.52. The zero-order valence-electron chi connectivity index (χ0n) is 13.0. The molecule has 0 aliphatic heterocycles. The SMILES string of the molecule is COc1cc(C/C=C/c2ccccc2[O])cc(OC)c1OC. The minimum absolute atomic E-state index is 0.0173. The summed E-state index contributed by atoms with van der Waals surface area (Å²) in [5, 5.41) is 11.6. The normalized spacial score (nSPS) is 10.7. The lowest BCUT2D eigenvalue weighted by Gasteiger charge is -2.13. The second-order valence-corrected chi connectivity index (χ2v) is 4.68. The van der Waals surface area contributed by atoms with E-state index in [2.05, 4.69) is 0 Å². The van der Waals surface area contributed by atoms with Gasteiger partial charge in [-0.25, -0.2) is 0 Å². The van der Waals surface area contributed by atoms with E-state index in [9.17, 15) is 5.11 Å². The van der Waals surface area contributed by atoms with Gasteiger partial charge < -0.3 is 14.2 Å². The van der Waals surface area contributed by atoms with Crippen LogP contribution in [0.15, 0.2) is 42.5 Å². The molecule has 0 aromatic heterocycles. The number of ether oxygens (including phenoxy) is 3. The summed E-state index contributed by atoms with van der Waals surface area (Å²) in [6.45, 7) is 0. The van der Waals surface area contributed by atoms with Crippen LogP contribution in [0.5, 0.6) is 23.0 Å². The first-order valence-corrected chi connectivity index (χ1v) is 6.91. The Morgan fingerprint density at radius 3 is 2.14 bits per heavy atom. The third-order valence-electron chi connectivity index (χ3n) is 3.29. The zero-order valence-corrected chi connectivity index (χ0v) is 13.0. The Kier molecular flexibility index (Phi) is 5.31. The lowest BCUT2D eigenvalue weighted by molar-refractivity contribution is 0.324. The van der Waals surface area contributed by atoms with Crippen LogP contribution in [0.25, 0.3) is 6.08 Å². The number of allylic oxidation sites excluding steroid dienone is 1. The Hall–Kier alpha value is -2.62. The van der Waals surface area contributed by atoms with Crippen LogP contribution in [-0.4, -0.2) is 21.3 Å². The smallest absolute Gasteiger partial charge is 0.203 e. The average molecular weight is 299 g/mol. The molecule has 4 nitrogen and oxygen atoms in total.